The molecular formula is C18H14N2O3S. The van der Waals surface area contributed by atoms with Crippen molar-refractivity contribution in [3.63, 3.8) is 0 Å². The lowest BCUT2D eigenvalue weighted by Gasteiger charge is -2.16. The van der Waals surface area contributed by atoms with Gasteiger partial charge in [-0.05, 0) is 48.0 Å². The fourth-order valence-electron chi connectivity index (χ4n) is 2.72. The van der Waals surface area contributed by atoms with Gasteiger partial charge in [0.25, 0.3) is 10.0 Å². The van der Waals surface area contributed by atoms with Crippen molar-refractivity contribution < 1.29 is 13.2 Å². The van der Waals surface area contributed by atoms with Crippen LogP contribution in [0, 0.1) is 0 Å². The van der Waals surface area contributed by atoms with Crippen molar-refractivity contribution in [2.24, 2.45) is 0 Å². The molecule has 1 aliphatic heterocycles. The number of benzene rings is 2. The summed E-state index contributed by atoms with van der Waals surface area (Å²) in [7, 11) is -3.52. The van der Waals surface area contributed by atoms with Crippen LogP contribution >= 0.6 is 0 Å². The molecule has 0 saturated carbocycles. The predicted octanol–water partition coefficient (Wildman–Crippen LogP) is 3.58. The van der Waals surface area contributed by atoms with Gasteiger partial charge in [0, 0.05) is 12.4 Å². The van der Waals surface area contributed by atoms with E-state index < -0.39 is 10.0 Å². The van der Waals surface area contributed by atoms with Crippen molar-refractivity contribution in [1.82, 2.24) is 4.98 Å². The summed E-state index contributed by atoms with van der Waals surface area (Å²) in [6, 6.07) is 17.6. The number of anilines is 1. The average molecular weight is 338 g/mol. The summed E-state index contributed by atoms with van der Waals surface area (Å²) >= 11 is 0. The number of pyridine rings is 1. The summed E-state index contributed by atoms with van der Waals surface area (Å²) in [4.78, 5) is 4.27. The normalized spacial score (nSPS) is 15.1. The van der Waals surface area contributed by atoms with E-state index in [1.165, 1.54) is 4.31 Å². The number of para-hydroxylation sites is 1. The topological polar surface area (TPSA) is 59.5 Å². The van der Waals surface area contributed by atoms with Gasteiger partial charge < -0.3 is 4.74 Å². The second-order valence-corrected chi connectivity index (χ2v) is 7.23. The Kier molecular flexibility index (Phi) is 3.46. The van der Waals surface area contributed by atoms with Crippen molar-refractivity contribution in [2.75, 3.05) is 4.31 Å². The molecule has 6 heteroatoms. The van der Waals surface area contributed by atoms with Crippen LogP contribution in [0.1, 0.15) is 5.56 Å². The van der Waals surface area contributed by atoms with Gasteiger partial charge in [-0.1, -0.05) is 18.2 Å². The third-order valence-electron chi connectivity index (χ3n) is 3.84. The molecule has 24 heavy (non-hydrogen) atoms. The lowest BCUT2D eigenvalue weighted by molar-refractivity contribution is 0.481. The minimum Gasteiger partial charge on any atom is -0.457 e. The van der Waals surface area contributed by atoms with Crippen LogP contribution in [0.15, 0.2) is 78.0 Å². The van der Waals surface area contributed by atoms with Gasteiger partial charge in [0.2, 0.25) is 0 Å². The second-order valence-electron chi connectivity index (χ2n) is 5.40. The molecular weight excluding hydrogens is 324 g/mol. The van der Waals surface area contributed by atoms with Crippen molar-refractivity contribution >= 4 is 15.7 Å². The molecule has 0 amide bonds. The highest BCUT2D eigenvalue weighted by Crippen LogP contribution is 2.36. The van der Waals surface area contributed by atoms with E-state index in [0.29, 0.717) is 28.6 Å². The maximum atomic E-state index is 12.7. The van der Waals surface area contributed by atoms with Crippen LogP contribution in [0.2, 0.25) is 0 Å². The fraction of sp³-hybridized carbons (Fsp3) is 0.0556. The van der Waals surface area contributed by atoms with Crippen molar-refractivity contribution in [1.29, 1.82) is 0 Å². The van der Waals surface area contributed by atoms with Crippen LogP contribution < -0.4 is 9.04 Å². The highest BCUT2D eigenvalue weighted by Gasteiger charge is 2.34. The Hall–Kier alpha value is -2.86. The summed E-state index contributed by atoms with van der Waals surface area (Å²) < 4.78 is 32.6. The molecule has 5 nitrogen and oxygen atoms in total. The van der Waals surface area contributed by atoms with E-state index in [0.717, 1.165) is 5.56 Å². The molecule has 2 heterocycles. The largest absolute Gasteiger partial charge is 0.457 e. The van der Waals surface area contributed by atoms with Crippen LogP contribution in [-0.4, -0.2) is 13.4 Å². The first-order valence-corrected chi connectivity index (χ1v) is 8.87. The first-order valence-electron chi connectivity index (χ1n) is 7.43. The molecule has 0 atom stereocenters. The van der Waals surface area contributed by atoms with Crippen LogP contribution in [0.25, 0.3) is 0 Å². The highest BCUT2D eigenvalue weighted by atomic mass is 32.2. The summed E-state index contributed by atoms with van der Waals surface area (Å²) in [5.74, 6) is 1.26. The Balaban J connectivity index is 1.68. The van der Waals surface area contributed by atoms with Gasteiger partial charge >= 0.3 is 0 Å². The molecule has 1 aliphatic rings. The molecule has 0 fully saturated rings. The zero-order valence-corrected chi connectivity index (χ0v) is 13.5. The second kappa shape index (κ2) is 5.65. The smallest absolute Gasteiger partial charge is 0.264 e. The van der Waals surface area contributed by atoms with E-state index in [1.54, 1.807) is 54.9 Å². The molecule has 0 radical (unpaired) electrons. The molecule has 0 N–H and O–H groups in total. The zero-order valence-electron chi connectivity index (χ0n) is 12.7. The minimum atomic E-state index is -3.52. The number of sulfonamides is 1. The van der Waals surface area contributed by atoms with Crippen LogP contribution in [0.3, 0.4) is 0 Å². The van der Waals surface area contributed by atoms with Crippen LogP contribution in [0.5, 0.6) is 11.5 Å². The first kappa shape index (κ1) is 14.7. The molecule has 120 valence electrons. The van der Waals surface area contributed by atoms with Gasteiger partial charge in [-0.15, -0.1) is 0 Å². The summed E-state index contributed by atoms with van der Waals surface area (Å²) in [5, 5.41) is 0. The molecule has 0 saturated heterocycles. The van der Waals surface area contributed by atoms with Crippen LogP contribution in [-0.2, 0) is 16.6 Å². The third kappa shape index (κ3) is 2.51. The molecule has 0 bridgehead atoms. The quantitative estimate of drug-likeness (QED) is 0.732. The molecule has 4 rings (SSSR count). The van der Waals surface area contributed by atoms with Gasteiger partial charge in [0.05, 0.1) is 17.1 Å². The van der Waals surface area contributed by atoms with Crippen molar-refractivity contribution in [3.05, 3.63) is 78.6 Å². The molecule has 0 aliphatic carbocycles. The number of fused-ring (bicyclic) bond motifs is 1. The maximum absolute atomic E-state index is 12.7. The fourth-order valence-corrected chi connectivity index (χ4v) is 4.36. The van der Waals surface area contributed by atoms with E-state index in [2.05, 4.69) is 4.98 Å². The Morgan fingerprint density at radius 2 is 1.67 bits per heavy atom. The molecule has 1 aromatic heterocycles. The van der Waals surface area contributed by atoms with Gasteiger partial charge in [-0.3, -0.25) is 9.29 Å². The molecule has 0 unspecified atom stereocenters. The van der Waals surface area contributed by atoms with Gasteiger partial charge in [0.1, 0.15) is 11.5 Å². The minimum absolute atomic E-state index is 0.301. The number of aromatic nitrogens is 1. The number of hydrogen-bond donors (Lipinski definition) is 0. The summed E-state index contributed by atoms with van der Waals surface area (Å²) in [6.45, 7) is 0.301. The van der Waals surface area contributed by atoms with Gasteiger partial charge in [-0.25, -0.2) is 8.42 Å². The Morgan fingerprint density at radius 1 is 0.917 bits per heavy atom. The third-order valence-corrected chi connectivity index (χ3v) is 5.72. The van der Waals surface area contributed by atoms with E-state index >= 15 is 0 Å². The summed E-state index contributed by atoms with van der Waals surface area (Å²) in [5.41, 5.74) is 1.38. The number of ether oxygens (including phenoxy) is 1. The number of nitrogens with zero attached hydrogens (tertiary/aromatic N) is 2. The SMILES string of the molecule is O=S1(=O)c2ccc(Oc3ccncc3)cc2CN1c1ccccc1. The molecule has 0 spiro atoms. The van der Waals surface area contributed by atoms with Crippen LogP contribution in [0.4, 0.5) is 5.69 Å². The Bertz CT molecular complexity index is 974. The summed E-state index contributed by atoms with van der Waals surface area (Å²) in [6.07, 6.45) is 3.29. The predicted molar refractivity (Wildman–Crippen MR) is 90.6 cm³/mol. The van der Waals surface area contributed by atoms with E-state index in [4.69, 9.17) is 4.74 Å². The van der Waals surface area contributed by atoms with Gasteiger partial charge in [-0.2, -0.15) is 0 Å². The molecule has 3 aromatic rings. The highest BCUT2D eigenvalue weighted by molar-refractivity contribution is 7.93. The Labute approximate surface area is 140 Å². The standard InChI is InChI=1S/C18H14N2O3S/c21-24(22)18-7-6-17(23-16-8-10-19-11-9-16)12-14(18)13-20(24)15-4-2-1-3-5-15/h1-12H,13H2. The van der Waals surface area contributed by atoms with Crippen molar-refractivity contribution in [3.8, 4) is 11.5 Å². The average Bonchev–Trinajstić information content (AvgIpc) is 2.87. The first-order chi connectivity index (χ1) is 11.6. The van der Waals surface area contributed by atoms with E-state index in [1.807, 2.05) is 18.2 Å². The van der Waals surface area contributed by atoms with Crippen molar-refractivity contribution in [2.45, 2.75) is 11.4 Å². The zero-order chi connectivity index (χ0) is 16.6. The monoisotopic (exact) mass is 338 g/mol. The number of hydrogen-bond acceptors (Lipinski definition) is 4. The van der Waals surface area contributed by atoms with Gasteiger partial charge in [0.15, 0.2) is 0 Å². The van der Waals surface area contributed by atoms with E-state index in [-0.39, 0.29) is 0 Å². The number of rotatable bonds is 3. The maximum Gasteiger partial charge on any atom is 0.264 e. The molecule has 2 aromatic carbocycles. The Morgan fingerprint density at radius 3 is 2.42 bits per heavy atom. The van der Waals surface area contributed by atoms with E-state index in [9.17, 15) is 8.42 Å². The lowest BCUT2D eigenvalue weighted by Crippen LogP contribution is -2.23. The lowest BCUT2D eigenvalue weighted by atomic mass is 10.2.